The van der Waals surface area contributed by atoms with E-state index in [4.69, 9.17) is 9.94 Å². The summed E-state index contributed by atoms with van der Waals surface area (Å²) < 4.78 is 0. The first-order chi connectivity index (χ1) is 8.19. The van der Waals surface area contributed by atoms with Crippen molar-refractivity contribution in [1.29, 1.82) is 0 Å². The summed E-state index contributed by atoms with van der Waals surface area (Å²) in [6, 6.07) is 0. The maximum Gasteiger partial charge on any atom is 0.360 e. The van der Waals surface area contributed by atoms with E-state index in [1.807, 2.05) is 6.92 Å². The van der Waals surface area contributed by atoms with E-state index >= 15 is 0 Å². The average Bonchev–Trinajstić information content (AvgIpc) is 2.73. The molecule has 0 saturated heterocycles. The van der Waals surface area contributed by atoms with Crippen LogP contribution in [0.5, 0.6) is 0 Å². The fraction of sp³-hybridized carbons (Fsp3) is 0.333. The van der Waals surface area contributed by atoms with Crippen LogP contribution in [0, 0.1) is 0 Å². The highest BCUT2D eigenvalue weighted by atomic mass is 32.1. The number of rotatable bonds is 7. The summed E-state index contributed by atoms with van der Waals surface area (Å²) in [5, 5.41) is 16.5. The quantitative estimate of drug-likeness (QED) is 0.327. The lowest BCUT2D eigenvalue weighted by Crippen LogP contribution is -2.15. The molecule has 17 heavy (non-hydrogen) atoms. The fourth-order valence-electron chi connectivity index (χ4n) is 0.896. The number of nitrogens with one attached hydrogen (secondary N) is 1. The molecule has 0 aliphatic carbocycles. The molecule has 92 valence electrons. The molecule has 8 heteroatoms. The summed E-state index contributed by atoms with van der Waals surface area (Å²) in [6.07, 6.45) is 1.19. The van der Waals surface area contributed by atoms with Crippen LogP contribution in [0.2, 0.25) is 0 Å². The highest BCUT2D eigenvalue weighted by Crippen LogP contribution is 2.15. The number of carboxylic acids is 1. The van der Waals surface area contributed by atoms with Crippen molar-refractivity contribution in [3.63, 3.8) is 0 Å². The molecule has 0 unspecified atom stereocenters. The Bertz CT molecular complexity index is 430. The maximum absolute atomic E-state index is 10.9. The highest BCUT2D eigenvalue weighted by molar-refractivity contribution is 7.14. The van der Waals surface area contributed by atoms with Gasteiger partial charge in [0, 0.05) is 5.38 Å². The molecule has 0 aliphatic heterocycles. The Labute approximate surface area is 101 Å². The van der Waals surface area contributed by atoms with Gasteiger partial charge < -0.3 is 15.3 Å². The van der Waals surface area contributed by atoms with E-state index in [2.05, 4.69) is 15.5 Å². The third kappa shape index (κ3) is 3.83. The van der Waals surface area contributed by atoms with Gasteiger partial charge in [-0.15, -0.1) is 11.3 Å². The first-order valence-electron chi connectivity index (χ1n) is 4.78. The normalized spacial score (nSPS) is 11.0. The summed E-state index contributed by atoms with van der Waals surface area (Å²) >= 11 is 1.11. The molecule has 0 radical (unpaired) electrons. The molecule has 1 amide bonds. The topological polar surface area (TPSA) is 101 Å². The molecule has 1 rings (SSSR count). The standard InChI is InChI=1S/C9H11N3O4S/c1-2-3-16-12-7(8(14)15)6-4-17-9(11-6)10-5-13/h4-5H,2-3H2,1H3,(H,14,15)(H,10,11,13)/b12-7-. The first kappa shape index (κ1) is 13.1. The monoisotopic (exact) mass is 257 g/mol. The Morgan fingerprint density at radius 1 is 1.76 bits per heavy atom. The highest BCUT2D eigenvalue weighted by Gasteiger charge is 2.17. The number of aliphatic carboxylic acids is 1. The van der Waals surface area contributed by atoms with Gasteiger partial charge in [0.15, 0.2) is 5.13 Å². The Morgan fingerprint density at radius 3 is 3.12 bits per heavy atom. The van der Waals surface area contributed by atoms with Gasteiger partial charge in [-0.05, 0) is 6.42 Å². The Hall–Kier alpha value is -1.96. The van der Waals surface area contributed by atoms with Crippen LogP contribution in [-0.2, 0) is 14.4 Å². The Balaban J connectivity index is 2.85. The van der Waals surface area contributed by atoms with Gasteiger partial charge in [-0.25, -0.2) is 9.78 Å². The molecule has 0 bridgehead atoms. The van der Waals surface area contributed by atoms with Gasteiger partial charge in [-0.2, -0.15) is 0 Å². The van der Waals surface area contributed by atoms with E-state index in [9.17, 15) is 9.59 Å². The van der Waals surface area contributed by atoms with Crippen LogP contribution < -0.4 is 5.32 Å². The molecule has 0 atom stereocenters. The van der Waals surface area contributed by atoms with Crippen molar-refractivity contribution >= 4 is 34.6 Å². The summed E-state index contributed by atoms with van der Waals surface area (Å²) in [7, 11) is 0. The van der Waals surface area contributed by atoms with E-state index in [0.717, 1.165) is 17.8 Å². The number of amides is 1. The molecule has 2 N–H and O–H groups in total. The lowest BCUT2D eigenvalue weighted by Gasteiger charge is -1.98. The van der Waals surface area contributed by atoms with E-state index in [-0.39, 0.29) is 11.4 Å². The first-order valence-corrected chi connectivity index (χ1v) is 5.66. The predicted molar refractivity (Wildman–Crippen MR) is 62.2 cm³/mol. The fourth-order valence-corrected chi connectivity index (χ4v) is 1.55. The second-order valence-corrected chi connectivity index (χ2v) is 3.74. The third-order valence-electron chi connectivity index (χ3n) is 1.58. The zero-order chi connectivity index (χ0) is 12.7. The number of oxime groups is 1. The van der Waals surface area contributed by atoms with Crippen LogP contribution in [-0.4, -0.2) is 34.8 Å². The molecule has 1 aromatic rings. The van der Waals surface area contributed by atoms with E-state index in [1.54, 1.807) is 0 Å². The number of carbonyl (C=O) groups is 2. The second-order valence-electron chi connectivity index (χ2n) is 2.88. The minimum Gasteiger partial charge on any atom is -0.476 e. The van der Waals surface area contributed by atoms with Gasteiger partial charge in [0.1, 0.15) is 12.3 Å². The number of hydrogen-bond donors (Lipinski definition) is 2. The molecular formula is C9H11N3O4S. The summed E-state index contributed by atoms with van der Waals surface area (Å²) in [4.78, 5) is 29.8. The van der Waals surface area contributed by atoms with Crippen molar-refractivity contribution in [1.82, 2.24) is 4.98 Å². The number of carbonyl (C=O) groups excluding carboxylic acids is 1. The van der Waals surface area contributed by atoms with Crippen LogP contribution in [0.1, 0.15) is 19.0 Å². The van der Waals surface area contributed by atoms with Gasteiger partial charge in [0.05, 0.1) is 0 Å². The van der Waals surface area contributed by atoms with Crippen molar-refractivity contribution in [3.05, 3.63) is 11.1 Å². The lowest BCUT2D eigenvalue weighted by atomic mass is 10.3. The van der Waals surface area contributed by atoms with E-state index in [0.29, 0.717) is 18.1 Å². The minimum absolute atomic E-state index is 0.156. The van der Waals surface area contributed by atoms with Crippen LogP contribution in [0.3, 0.4) is 0 Å². The SMILES string of the molecule is CCCO/N=C(\C(=O)O)c1csc(NC=O)n1. The molecular weight excluding hydrogens is 246 g/mol. The van der Waals surface area contributed by atoms with Crippen LogP contribution >= 0.6 is 11.3 Å². The molecule has 0 fully saturated rings. The molecule has 0 aliphatic rings. The summed E-state index contributed by atoms with van der Waals surface area (Å²) in [5.74, 6) is -1.23. The van der Waals surface area contributed by atoms with Crippen molar-refractivity contribution in [2.75, 3.05) is 11.9 Å². The van der Waals surface area contributed by atoms with Gasteiger partial charge >= 0.3 is 5.97 Å². The van der Waals surface area contributed by atoms with Gasteiger partial charge in [-0.1, -0.05) is 12.1 Å². The number of anilines is 1. The molecule has 0 saturated carbocycles. The maximum atomic E-state index is 10.9. The summed E-state index contributed by atoms with van der Waals surface area (Å²) in [5.41, 5.74) is -0.128. The molecule has 0 spiro atoms. The smallest absolute Gasteiger partial charge is 0.360 e. The van der Waals surface area contributed by atoms with Gasteiger partial charge in [0.25, 0.3) is 0 Å². The van der Waals surface area contributed by atoms with Crippen molar-refractivity contribution in [2.45, 2.75) is 13.3 Å². The van der Waals surface area contributed by atoms with E-state index in [1.165, 1.54) is 5.38 Å². The Kier molecular flexibility index (Phi) is 5.08. The van der Waals surface area contributed by atoms with Crippen molar-refractivity contribution in [3.8, 4) is 0 Å². The number of thiazole rings is 1. The number of nitrogens with zero attached hydrogens (tertiary/aromatic N) is 2. The van der Waals surface area contributed by atoms with Crippen LogP contribution in [0.25, 0.3) is 0 Å². The van der Waals surface area contributed by atoms with Crippen LogP contribution in [0.4, 0.5) is 5.13 Å². The third-order valence-corrected chi connectivity index (χ3v) is 2.36. The number of aromatic nitrogens is 1. The second kappa shape index (κ2) is 6.59. The molecule has 1 aromatic heterocycles. The van der Waals surface area contributed by atoms with Gasteiger partial charge in [-0.3, -0.25) is 4.79 Å². The minimum atomic E-state index is -1.23. The largest absolute Gasteiger partial charge is 0.476 e. The lowest BCUT2D eigenvalue weighted by molar-refractivity contribution is -0.129. The van der Waals surface area contributed by atoms with Crippen molar-refractivity contribution in [2.24, 2.45) is 5.16 Å². The molecule has 7 nitrogen and oxygen atoms in total. The van der Waals surface area contributed by atoms with E-state index < -0.39 is 5.97 Å². The summed E-state index contributed by atoms with van der Waals surface area (Å²) in [6.45, 7) is 2.21. The average molecular weight is 257 g/mol. The molecule has 1 heterocycles. The number of hydrogen-bond acceptors (Lipinski definition) is 6. The predicted octanol–water partition coefficient (Wildman–Crippen LogP) is 0.927. The van der Waals surface area contributed by atoms with Crippen LogP contribution in [0.15, 0.2) is 10.5 Å². The Morgan fingerprint density at radius 2 is 2.53 bits per heavy atom. The molecule has 0 aromatic carbocycles. The van der Waals surface area contributed by atoms with Crippen molar-refractivity contribution < 1.29 is 19.5 Å². The zero-order valence-electron chi connectivity index (χ0n) is 9.04. The zero-order valence-corrected chi connectivity index (χ0v) is 9.86. The number of carboxylic acid groups (broad SMARTS) is 1. The van der Waals surface area contributed by atoms with Gasteiger partial charge in [0.2, 0.25) is 12.1 Å².